The highest BCUT2D eigenvalue weighted by atomic mass is 35.5. The molecule has 2 aromatic carbocycles. The molecule has 3 amide bonds. The minimum atomic E-state index is -0.806. The van der Waals surface area contributed by atoms with Crippen LogP contribution in [0.1, 0.15) is 17.5 Å². The van der Waals surface area contributed by atoms with Crippen molar-refractivity contribution in [1.82, 2.24) is 9.80 Å². The van der Waals surface area contributed by atoms with E-state index in [0.717, 1.165) is 24.2 Å². The second kappa shape index (κ2) is 10.5. The number of imide groups is 1. The molecular formula is C25H28ClN3O4. The van der Waals surface area contributed by atoms with Crippen LogP contribution in [0.15, 0.2) is 48.5 Å². The predicted molar refractivity (Wildman–Crippen MR) is 126 cm³/mol. The van der Waals surface area contributed by atoms with E-state index in [1.807, 2.05) is 19.1 Å². The number of halogens is 1. The maximum absolute atomic E-state index is 13.4. The number of carbonyl (C=O) groups excluding carboxylic acids is 3. The highest BCUT2D eigenvalue weighted by Gasteiger charge is 2.44. The van der Waals surface area contributed by atoms with Gasteiger partial charge in [0.25, 0.3) is 5.91 Å². The number of morpholine rings is 1. The number of ether oxygens (including phenoxy) is 1. The molecule has 0 aromatic heterocycles. The second-order valence-corrected chi connectivity index (χ2v) is 8.90. The summed E-state index contributed by atoms with van der Waals surface area (Å²) in [6.45, 7) is 5.82. The number of anilines is 1. The van der Waals surface area contributed by atoms with Crippen LogP contribution in [-0.4, -0.2) is 73.0 Å². The van der Waals surface area contributed by atoms with Crippen molar-refractivity contribution in [2.75, 3.05) is 44.3 Å². The predicted octanol–water partition coefficient (Wildman–Crippen LogP) is 2.68. The van der Waals surface area contributed by atoms with Crippen molar-refractivity contribution in [2.24, 2.45) is 0 Å². The Hall–Kier alpha value is -2.74. The van der Waals surface area contributed by atoms with Gasteiger partial charge in [-0.25, -0.2) is 4.90 Å². The fourth-order valence-electron chi connectivity index (χ4n) is 4.23. The molecular weight excluding hydrogens is 442 g/mol. The molecule has 8 heteroatoms. The molecule has 0 aliphatic carbocycles. The third kappa shape index (κ3) is 5.61. The maximum Gasteiger partial charge on any atom is 0.257 e. The Morgan fingerprint density at radius 1 is 1.06 bits per heavy atom. The fraction of sp³-hybridized carbons (Fsp3) is 0.400. The molecule has 2 heterocycles. The molecule has 2 saturated heterocycles. The van der Waals surface area contributed by atoms with Gasteiger partial charge in [0.15, 0.2) is 0 Å². The standard InChI is InChI=1S/C25H28ClN3O4/c1-18-2-8-21(9-3-18)29-24(31)17-22(25(29)32)28(11-10-27-12-14-33-15-13-27)23(30)16-19-4-6-20(26)7-5-19/h2-9,22H,10-17H2,1H3. The summed E-state index contributed by atoms with van der Waals surface area (Å²) in [4.78, 5) is 44.6. The molecule has 2 aliphatic heterocycles. The summed E-state index contributed by atoms with van der Waals surface area (Å²) in [5.41, 5.74) is 2.39. The van der Waals surface area contributed by atoms with Gasteiger partial charge in [0.1, 0.15) is 6.04 Å². The average molecular weight is 470 g/mol. The topological polar surface area (TPSA) is 70.2 Å². The van der Waals surface area contributed by atoms with Crippen molar-refractivity contribution in [3.8, 4) is 0 Å². The number of hydrogen-bond acceptors (Lipinski definition) is 5. The molecule has 1 unspecified atom stereocenters. The normalized spacial score (nSPS) is 19.2. The molecule has 0 spiro atoms. The smallest absolute Gasteiger partial charge is 0.257 e. The van der Waals surface area contributed by atoms with E-state index in [4.69, 9.17) is 16.3 Å². The molecule has 33 heavy (non-hydrogen) atoms. The third-order valence-electron chi connectivity index (χ3n) is 6.14. The van der Waals surface area contributed by atoms with Gasteiger partial charge in [-0.15, -0.1) is 0 Å². The van der Waals surface area contributed by atoms with Crippen LogP contribution in [0.25, 0.3) is 0 Å². The van der Waals surface area contributed by atoms with Crippen LogP contribution in [-0.2, 0) is 25.5 Å². The number of amides is 3. The van der Waals surface area contributed by atoms with Crippen LogP contribution in [0.3, 0.4) is 0 Å². The molecule has 2 aliphatic rings. The lowest BCUT2D eigenvalue weighted by Gasteiger charge is -2.32. The van der Waals surface area contributed by atoms with Gasteiger partial charge in [0.05, 0.1) is 31.7 Å². The zero-order chi connectivity index (χ0) is 23.4. The van der Waals surface area contributed by atoms with Crippen molar-refractivity contribution < 1.29 is 19.1 Å². The van der Waals surface area contributed by atoms with Crippen LogP contribution in [0.2, 0.25) is 5.02 Å². The number of carbonyl (C=O) groups is 3. The van der Waals surface area contributed by atoms with Gasteiger partial charge >= 0.3 is 0 Å². The lowest BCUT2D eigenvalue weighted by atomic mass is 10.1. The van der Waals surface area contributed by atoms with E-state index < -0.39 is 6.04 Å². The summed E-state index contributed by atoms with van der Waals surface area (Å²) in [5.74, 6) is -0.817. The van der Waals surface area contributed by atoms with E-state index in [1.54, 1.807) is 41.3 Å². The average Bonchev–Trinajstić information content (AvgIpc) is 3.10. The number of aryl methyl sites for hydroxylation is 1. The van der Waals surface area contributed by atoms with E-state index in [0.29, 0.717) is 37.0 Å². The van der Waals surface area contributed by atoms with Crippen molar-refractivity contribution in [3.63, 3.8) is 0 Å². The lowest BCUT2D eigenvalue weighted by molar-refractivity contribution is -0.138. The molecule has 1 atom stereocenters. The summed E-state index contributed by atoms with van der Waals surface area (Å²) in [6, 6.07) is 13.6. The molecule has 7 nitrogen and oxygen atoms in total. The Balaban J connectivity index is 1.53. The first-order valence-electron chi connectivity index (χ1n) is 11.2. The number of hydrogen-bond donors (Lipinski definition) is 0. The van der Waals surface area contributed by atoms with E-state index in [9.17, 15) is 14.4 Å². The highest BCUT2D eigenvalue weighted by Crippen LogP contribution is 2.26. The molecule has 0 radical (unpaired) electrons. The first-order valence-corrected chi connectivity index (χ1v) is 11.6. The van der Waals surface area contributed by atoms with Crippen LogP contribution >= 0.6 is 11.6 Å². The zero-order valence-electron chi connectivity index (χ0n) is 18.7. The Morgan fingerprint density at radius 3 is 2.39 bits per heavy atom. The van der Waals surface area contributed by atoms with E-state index >= 15 is 0 Å². The van der Waals surface area contributed by atoms with Gasteiger partial charge in [0, 0.05) is 31.2 Å². The van der Waals surface area contributed by atoms with Gasteiger partial charge in [-0.2, -0.15) is 0 Å². The Labute approximate surface area is 198 Å². The number of benzene rings is 2. The summed E-state index contributed by atoms with van der Waals surface area (Å²) < 4.78 is 5.41. The molecule has 2 aromatic rings. The van der Waals surface area contributed by atoms with Gasteiger partial charge in [-0.1, -0.05) is 41.4 Å². The van der Waals surface area contributed by atoms with E-state index in [1.165, 1.54) is 4.90 Å². The summed E-state index contributed by atoms with van der Waals surface area (Å²) in [5, 5.41) is 0.598. The highest BCUT2D eigenvalue weighted by molar-refractivity contribution is 6.30. The van der Waals surface area contributed by atoms with Gasteiger partial charge in [-0.05, 0) is 36.8 Å². The van der Waals surface area contributed by atoms with Crippen molar-refractivity contribution in [2.45, 2.75) is 25.8 Å². The van der Waals surface area contributed by atoms with Crippen LogP contribution in [0.5, 0.6) is 0 Å². The largest absolute Gasteiger partial charge is 0.379 e. The molecule has 0 saturated carbocycles. The zero-order valence-corrected chi connectivity index (χ0v) is 19.5. The molecule has 2 fully saturated rings. The second-order valence-electron chi connectivity index (χ2n) is 8.47. The van der Waals surface area contributed by atoms with Crippen molar-refractivity contribution >= 4 is 35.0 Å². The summed E-state index contributed by atoms with van der Waals surface area (Å²) in [7, 11) is 0. The monoisotopic (exact) mass is 469 g/mol. The van der Waals surface area contributed by atoms with Crippen LogP contribution in [0.4, 0.5) is 5.69 Å². The number of nitrogens with zero attached hydrogens (tertiary/aromatic N) is 3. The first kappa shape index (κ1) is 23.4. The Bertz CT molecular complexity index is 1000. The van der Waals surface area contributed by atoms with E-state index in [2.05, 4.69) is 4.90 Å². The SMILES string of the molecule is Cc1ccc(N2C(=O)CC(N(CCN3CCOCC3)C(=O)Cc3ccc(Cl)cc3)C2=O)cc1. The van der Waals surface area contributed by atoms with Crippen LogP contribution in [0, 0.1) is 6.92 Å². The minimum Gasteiger partial charge on any atom is -0.379 e. The lowest BCUT2D eigenvalue weighted by Crippen LogP contribution is -2.50. The molecule has 4 rings (SSSR count). The first-order chi connectivity index (χ1) is 15.9. The number of rotatable bonds is 7. The minimum absolute atomic E-state index is 0.0117. The summed E-state index contributed by atoms with van der Waals surface area (Å²) >= 11 is 5.97. The van der Waals surface area contributed by atoms with Crippen molar-refractivity contribution in [1.29, 1.82) is 0 Å². The van der Waals surface area contributed by atoms with Gasteiger partial charge in [-0.3, -0.25) is 19.3 Å². The molecule has 0 bridgehead atoms. The maximum atomic E-state index is 13.4. The molecule has 0 N–H and O–H groups in total. The van der Waals surface area contributed by atoms with Crippen molar-refractivity contribution in [3.05, 3.63) is 64.7 Å². The quantitative estimate of drug-likeness (QED) is 0.583. The van der Waals surface area contributed by atoms with Gasteiger partial charge < -0.3 is 9.64 Å². The third-order valence-corrected chi connectivity index (χ3v) is 6.39. The Morgan fingerprint density at radius 2 is 1.73 bits per heavy atom. The summed E-state index contributed by atoms with van der Waals surface area (Å²) in [6.07, 6.45) is 0.130. The fourth-order valence-corrected chi connectivity index (χ4v) is 4.36. The van der Waals surface area contributed by atoms with E-state index in [-0.39, 0.29) is 30.6 Å². The van der Waals surface area contributed by atoms with Crippen LogP contribution < -0.4 is 4.90 Å². The molecule has 174 valence electrons. The van der Waals surface area contributed by atoms with Gasteiger partial charge in [0.2, 0.25) is 11.8 Å². The Kier molecular flexibility index (Phi) is 7.42.